The molecule has 1 aliphatic heterocycles. The molecule has 0 aromatic heterocycles. The van der Waals surface area contributed by atoms with Gasteiger partial charge in [-0.25, -0.2) is 0 Å². The Kier molecular flexibility index (Phi) is 5.49. The molecular formula is C15H20Cl2N2O2. The Hall–Kier alpha value is -0.810. The van der Waals surface area contributed by atoms with Crippen LogP contribution in [0.4, 0.5) is 5.69 Å². The second kappa shape index (κ2) is 6.97. The first-order chi connectivity index (χ1) is 9.87. The quantitative estimate of drug-likeness (QED) is 0.888. The highest BCUT2D eigenvalue weighted by atomic mass is 35.5. The number of hydrogen-bond donors (Lipinski definition) is 2. The molecule has 1 atom stereocenters. The lowest BCUT2D eigenvalue weighted by Gasteiger charge is -2.35. The molecule has 1 amide bonds. The van der Waals surface area contributed by atoms with Crippen LogP contribution in [0.15, 0.2) is 18.2 Å². The summed E-state index contributed by atoms with van der Waals surface area (Å²) in [5.41, 5.74) is 0.318. The monoisotopic (exact) mass is 330 g/mol. The molecule has 1 aromatic carbocycles. The predicted octanol–water partition coefficient (Wildman–Crippen LogP) is 3.48. The smallest absolute Gasteiger partial charge is 0.238 e. The van der Waals surface area contributed by atoms with E-state index in [1.54, 1.807) is 18.2 Å². The summed E-state index contributed by atoms with van der Waals surface area (Å²) in [4.78, 5) is 12.0. The molecule has 2 rings (SSSR count). The van der Waals surface area contributed by atoms with Crippen molar-refractivity contribution in [2.75, 3.05) is 18.5 Å². The number of benzene rings is 1. The summed E-state index contributed by atoms with van der Waals surface area (Å²) in [6.45, 7) is 5.06. The molecule has 2 N–H and O–H groups in total. The first-order valence-electron chi connectivity index (χ1n) is 6.98. The van der Waals surface area contributed by atoms with E-state index in [2.05, 4.69) is 24.5 Å². The lowest BCUT2D eigenvalue weighted by Crippen LogP contribution is -2.45. The lowest BCUT2D eigenvalue weighted by molar-refractivity contribution is -0.116. The highest BCUT2D eigenvalue weighted by Crippen LogP contribution is 2.29. The maximum absolute atomic E-state index is 12.0. The van der Waals surface area contributed by atoms with Crippen molar-refractivity contribution in [2.45, 2.75) is 38.3 Å². The average molecular weight is 331 g/mol. The van der Waals surface area contributed by atoms with E-state index < -0.39 is 0 Å². The predicted molar refractivity (Wildman–Crippen MR) is 86.1 cm³/mol. The number of halogens is 2. The van der Waals surface area contributed by atoms with E-state index in [4.69, 9.17) is 27.9 Å². The van der Waals surface area contributed by atoms with Crippen molar-refractivity contribution in [3.63, 3.8) is 0 Å². The number of anilines is 1. The summed E-state index contributed by atoms with van der Waals surface area (Å²) in [7, 11) is 0. The topological polar surface area (TPSA) is 50.4 Å². The van der Waals surface area contributed by atoms with Gasteiger partial charge in [-0.15, -0.1) is 0 Å². The standard InChI is InChI=1S/C15H20Cl2N2O2/c1-15(2)8-10(6-7-21-15)18-9-13(20)19-14-11(16)4-3-5-12(14)17/h3-5,10,18H,6-9H2,1-2H3,(H,19,20). The van der Waals surface area contributed by atoms with Crippen LogP contribution in [0.3, 0.4) is 0 Å². The third kappa shape index (κ3) is 4.85. The van der Waals surface area contributed by atoms with Gasteiger partial charge >= 0.3 is 0 Å². The fraction of sp³-hybridized carbons (Fsp3) is 0.533. The van der Waals surface area contributed by atoms with Gasteiger partial charge in [0.1, 0.15) is 0 Å². The summed E-state index contributed by atoms with van der Waals surface area (Å²) in [5, 5.41) is 6.87. The van der Waals surface area contributed by atoms with Gasteiger partial charge in [-0.3, -0.25) is 4.79 Å². The first kappa shape index (κ1) is 16.6. The molecule has 1 saturated heterocycles. The molecule has 0 aliphatic carbocycles. The van der Waals surface area contributed by atoms with E-state index in [1.165, 1.54) is 0 Å². The van der Waals surface area contributed by atoms with Crippen LogP contribution in [0, 0.1) is 0 Å². The summed E-state index contributed by atoms with van der Waals surface area (Å²) < 4.78 is 5.65. The SMILES string of the molecule is CC1(C)CC(NCC(=O)Nc2c(Cl)cccc2Cl)CCO1. The fourth-order valence-electron chi connectivity index (χ4n) is 2.44. The summed E-state index contributed by atoms with van der Waals surface area (Å²) in [5.74, 6) is -0.158. The van der Waals surface area contributed by atoms with E-state index in [9.17, 15) is 4.79 Å². The Balaban J connectivity index is 1.85. The van der Waals surface area contributed by atoms with Gasteiger partial charge in [-0.2, -0.15) is 0 Å². The molecule has 6 heteroatoms. The lowest BCUT2D eigenvalue weighted by atomic mass is 9.94. The zero-order valence-corrected chi connectivity index (χ0v) is 13.7. The van der Waals surface area contributed by atoms with E-state index in [1.807, 2.05) is 0 Å². The van der Waals surface area contributed by atoms with Crippen LogP contribution in [0.5, 0.6) is 0 Å². The number of hydrogen-bond acceptors (Lipinski definition) is 3. The maximum Gasteiger partial charge on any atom is 0.238 e. The van der Waals surface area contributed by atoms with E-state index in [0.29, 0.717) is 22.3 Å². The minimum Gasteiger partial charge on any atom is -0.375 e. The van der Waals surface area contributed by atoms with Gasteiger partial charge in [0.25, 0.3) is 0 Å². The van der Waals surface area contributed by atoms with E-state index in [0.717, 1.165) is 12.8 Å². The molecule has 116 valence electrons. The molecule has 0 radical (unpaired) electrons. The van der Waals surface area contributed by atoms with Crippen molar-refractivity contribution >= 4 is 34.8 Å². The van der Waals surface area contributed by atoms with Crippen LogP contribution in [0.1, 0.15) is 26.7 Å². The number of amides is 1. The number of carbonyl (C=O) groups excluding carboxylic acids is 1. The van der Waals surface area contributed by atoms with Gasteiger partial charge in [0, 0.05) is 12.6 Å². The van der Waals surface area contributed by atoms with Gasteiger partial charge in [0.2, 0.25) is 5.91 Å². The van der Waals surface area contributed by atoms with E-state index in [-0.39, 0.29) is 24.1 Å². The first-order valence-corrected chi connectivity index (χ1v) is 7.74. The summed E-state index contributed by atoms with van der Waals surface area (Å²) in [6.07, 6.45) is 1.79. The number of carbonyl (C=O) groups is 1. The van der Waals surface area contributed by atoms with Crippen LogP contribution in [-0.4, -0.2) is 30.7 Å². The van der Waals surface area contributed by atoms with Crippen LogP contribution in [0.25, 0.3) is 0 Å². The van der Waals surface area contributed by atoms with Gasteiger partial charge in [0.15, 0.2) is 0 Å². The molecule has 1 unspecified atom stereocenters. The molecule has 0 spiro atoms. The summed E-state index contributed by atoms with van der Waals surface area (Å²) in [6, 6.07) is 5.40. The molecule has 4 nitrogen and oxygen atoms in total. The number of ether oxygens (including phenoxy) is 1. The van der Waals surface area contributed by atoms with Crippen molar-refractivity contribution in [1.29, 1.82) is 0 Å². The number of nitrogens with one attached hydrogen (secondary N) is 2. The van der Waals surface area contributed by atoms with Gasteiger partial charge < -0.3 is 15.4 Å². The van der Waals surface area contributed by atoms with Crippen molar-refractivity contribution in [3.05, 3.63) is 28.2 Å². The Morgan fingerprint density at radius 3 is 2.67 bits per heavy atom. The van der Waals surface area contributed by atoms with Crippen LogP contribution < -0.4 is 10.6 Å². The molecule has 0 saturated carbocycles. The average Bonchev–Trinajstić information content (AvgIpc) is 2.40. The molecule has 21 heavy (non-hydrogen) atoms. The zero-order chi connectivity index (χ0) is 15.5. The molecule has 1 aliphatic rings. The number of para-hydroxylation sites is 1. The number of rotatable bonds is 4. The molecule has 1 aromatic rings. The normalized spacial score (nSPS) is 21.0. The van der Waals surface area contributed by atoms with Crippen molar-refractivity contribution in [1.82, 2.24) is 5.32 Å². The highest BCUT2D eigenvalue weighted by Gasteiger charge is 2.28. The van der Waals surface area contributed by atoms with Gasteiger partial charge in [-0.1, -0.05) is 29.3 Å². The van der Waals surface area contributed by atoms with Crippen LogP contribution >= 0.6 is 23.2 Å². The minimum absolute atomic E-state index is 0.140. The van der Waals surface area contributed by atoms with Crippen LogP contribution in [0.2, 0.25) is 10.0 Å². The largest absolute Gasteiger partial charge is 0.375 e. The summed E-state index contributed by atoms with van der Waals surface area (Å²) >= 11 is 12.0. The zero-order valence-electron chi connectivity index (χ0n) is 12.2. The van der Waals surface area contributed by atoms with Crippen LogP contribution in [-0.2, 0) is 9.53 Å². The Labute approximate surface area is 135 Å². The fourth-order valence-corrected chi connectivity index (χ4v) is 2.94. The third-order valence-corrected chi connectivity index (χ3v) is 4.11. The van der Waals surface area contributed by atoms with Crippen molar-refractivity contribution < 1.29 is 9.53 Å². The minimum atomic E-state index is -0.158. The Morgan fingerprint density at radius 2 is 2.05 bits per heavy atom. The highest BCUT2D eigenvalue weighted by molar-refractivity contribution is 6.39. The van der Waals surface area contributed by atoms with Gasteiger partial charge in [-0.05, 0) is 38.8 Å². The second-order valence-electron chi connectivity index (χ2n) is 5.82. The molecule has 1 fully saturated rings. The van der Waals surface area contributed by atoms with Crippen molar-refractivity contribution in [3.8, 4) is 0 Å². The molecule has 0 bridgehead atoms. The molecular weight excluding hydrogens is 311 g/mol. The van der Waals surface area contributed by atoms with Crippen molar-refractivity contribution in [2.24, 2.45) is 0 Å². The Bertz CT molecular complexity index is 500. The second-order valence-corrected chi connectivity index (χ2v) is 6.64. The third-order valence-electron chi connectivity index (χ3n) is 3.48. The molecule has 1 heterocycles. The van der Waals surface area contributed by atoms with Gasteiger partial charge in [0.05, 0.1) is 27.9 Å². The van der Waals surface area contributed by atoms with E-state index >= 15 is 0 Å². The maximum atomic E-state index is 12.0. The Morgan fingerprint density at radius 1 is 1.38 bits per heavy atom.